The Bertz CT molecular complexity index is 1410. The number of esters is 1. The van der Waals surface area contributed by atoms with Crippen LogP contribution in [-0.4, -0.2) is 35.1 Å². The Hall–Kier alpha value is -3.89. The molecule has 3 aromatic rings. The SMILES string of the molecule is COC(=O)C1=NN(c2ccccc2)C2(S1)S/C(=C\c1ccc3c(c1)OCO3)C(=O)N2c1ccccc1. The number of anilines is 2. The number of methoxy groups -OCH3 is 1. The highest BCUT2D eigenvalue weighted by Crippen LogP contribution is 2.59. The van der Waals surface area contributed by atoms with Gasteiger partial charge in [-0.05, 0) is 59.8 Å². The summed E-state index contributed by atoms with van der Waals surface area (Å²) in [5.41, 5.74) is 2.21. The van der Waals surface area contributed by atoms with Crippen LogP contribution >= 0.6 is 23.5 Å². The maximum absolute atomic E-state index is 14.0. The third kappa shape index (κ3) is 3.69. The molecule has 10 heteroatoms. The summed E-state index contributed by atoms with van der Waals surface area (Å²) in [6.45, 7) is 0.171. The standard InChI is InChI=1S/C26H19N3O5S2/c1-32-25(31)23-27-29(19-10-6-3-7-11-19)26(36-23)28(18-8-4-2-5-9-18)24(30)22(35-26)15-17-12-13-20-21(14-17)34-16-33-20/h2-15H,16H2,1H3/b22-15-. The number of ether oxygens (including phenoxy) is 3. The number of amides is 1. The lowest BCUT2D eigenvalue weighted by Crippen LogP contribution is -2.51. The lowest BCUT2D eigenvalue weighted by atomic mass is 10.2. The number of fused-ring (bicyclic) bond motifs is 1. The number of carbonyl (C=O) groups excluding carboxylic acids is 2. The van der Waals surface area contributed by atoms with Gasteiger partial charge in [0.05, 0.1) is 17.7 Å². The van der Waals surface area contributed by atoms with Crippen molar-refractivity contribution in [3.05, 3.63) is 89.3 Å². The number of carbonyl (C=O) groups is 2. The van der Waals surface area contributed by atoms with Crippen LogP contribution in [0.25, 0.3) is 6.08 Å². The Kier molecular flexibility index (Phi) is 5.62. The summed E-state index contributed by atoms with van der Waals surface area (Å²) in [4.78, 5) is 28.8. The van der Waals surface area contributed by atoms with Gasteiger partial charge in [0.2, 0.25) is 16.2 Å². The summed E-state index contributed by atoms with van der Waals surface area (Å²) in [6.07, 6.45) is 1.82. The number of hydrogen-bond acceptors (Lipinski definition) is 9. The molecular weight excluding hydrogens is 498 g/mol. The molecule has 0 radical (unpaired) electrons. The molecule has 1 unspecified atom stereocenters. The smallest absolute Gasteiger partial charge is 0.365 e. The van der Waals surface area contributed by atoms with E-state index in [0.29, 0.717) is 22.1 Å². The molecule has 8 nitrogen and oxygen atoms in total. The van der Waals surface area contributed by atoms with E-state index >= 15 is 0 Å². The molecule has 3 aromatic carbocycles. The van der Waals surface area contributed by atoms with Crippen LogP contribution in [0.2, 0.25) is 0 Å². The van der Waals surface area contributed by atoms with Crippen molar-refractivity contribution in [2.24, 2.45) is 5.10 Å². The van der Waals surface area contributed by atoms with E-state index in [1.807, 2.05) is 84.9 Å². The van der Waals surface area contributed by atoms with Gasteiger partial charge in [0.15, 0.2) is 11.5 Å². The van der Waals surface area contributed by atoms with Gasteiger partial charge in [-0.25, -0.2) is 9.80 Å². The highest BCUT2D eigenvalue weighted by atomic mass is 32.2. The lowest BCUT2D eigenvalue weighted by molar-refractivity contribution is -0.132. The summed E-state index contributed by atoms with van der Waals surface area (Å²) in [5.74, 6) is 0.528. The van der Waals surface area contributed by atoms with Crippen LogP contribution in [-0.2, 0) is 14.3 Å². The van der Waals surface area contributed by atoms with E-state index in [1.54, 1.807) is 9.91 Å². The summed E-state index contributed by atoms with van der Waals surface area (Å²) < 4.78 is 14.8. The van der Waals surface area contributed by atoms with Crippen LogP contribution in [0, 0.1) is 0 Å². The van der Waals surface area contributed by atoms with E-state index in [2.05, 4.69) is 5.10 Å². The van der Waals surface area contributed by atoms with Crippen molar-refractivity contribution in [3.63, 3.8) is 0 Å². The number of hydrazone groups is 1. The van der Waals surface area contributed by atoms with Gasteiger partial charge >= 0.3 is 5.97 Å². The Morgan fingerprint density at radius 1 is 0.972 bits per heavy atom. The second-order valence-electron chi connectivity index (χ2n) is 7.89. The average molecular weight is 518 g/mol. The zero-order valence-electron chi connectivity index (χ0n) is 19.0. The number of hydrogen-bond donors (Lipinski definition) is 0. The van der Waals surface area contributed by atoms with Crippen molar-refractivity contribution in [1.82, 2.24) is 0 Å². The lowest BCUT2D eigenvalue weighted by Gasteiger charge is -2.38. The molecule has 0 saturated carbocycles. The number of rotatable bonds is 4. The number of nitrogens with zero attached hydrogens (tertiary/aromatic N) is 3. The molecule has 3 aliphatic heterocycles. The summed E-state index contributed by atoms with van der Waals surface area (Å²) in [5, 5.41) is 6.49. The first kappa shape index (κ1) is 22.6. The van der Waals surface area contributed by atoms with E-state index in [0.717, 1.165) is 11.3 Å². The first-order chi connectivity index (χ1) is 17.6. The summed E-state index contributed by atoms with van der Waals surface area (Å²) in [6, 6.07) is 24.3. The van der Waals surface area contributed by atoms with E-state index in [9.17, 15) is 9.59 Å². The second kappa shape index (κ2) is 8.96. The van der Waals surface area contributed by atoms with Crippen LogP contribution in [0.5, 0.6) is 11.5 Å². The fourth-order valence-electron chi connectivity index (χ4n) is 4.08. The van der Waals surface area contributed by atoms with Crippen molar-refractivity contribution in [1.29, 1.82) is 0 Å². The zero-order valence-corrected chi connectivity index (χ0v) is 20.6. The van der Waals surface area contributed by atoms with Crippen molar-refractivity contribution in [3.8, 4) is 11.5 Å². The normalized spacial score (nSPS) is 21.4. The first-order valence-electron chi connectivity index (χ1n) is 11.0. The molecule has 1 saturated heterocycles. The highest BCUT2D eigenvalue weighted by Gasteiger charge is 2.60. The molecular formula is C26H19N3O5S2. The molecule has 1 amide bonds. The first-order valence-corrected chi connectivity index (χ1v) is 12.6. The fourth-order valence-corrected chi connectivity index (χ4v) is 6.98. The van der Waals surface area contributed by atoms with Gasteiger partial charge in [-0.15, -0.1) is 0 Å². The Morgan fingerprint density at radius 3 is 2.39 bits per heavy atom. The van der Waals surface area contributed by atoms with Crippen LogP contribution in [0.4, 0.5) is 11.4 Å². The van der Waals surface area contributed by atoms with Crippen LogP contribution in [0.1, 0.15) is 5.56 Å². The molecule has 0 aliphatic carbocycles. The van der Waals surface area contributed by atoms with Crippen LogP contribution in [0.15, 0.2) is 88.9 Å². The van der Waals surface area contributed by atoms with Gasteiger partial charge in [0.1, 0.15) is 0 Å². The van der Waals surface area contributed by atoms with Gasteiger partial charge in [-0.1, -0.05) is 54.2 Å². The van der Waals surface area contributed by atoms with Crippen molar-refractivity contribution >= 4 is 57.9 Å². The van der Waals surface area contributed by atoms with Gasteiger partial charge < -0.3 is 14.2 Å². The van der Waals surface area contributed by atoms with E-state index in [-0.39, 0.29) is 17.7 Å². The highest BCUT2D eigenvalue weighted by molar-refractivity contribution is 8.29. The molecule has 3 aliphatic rings. The number of thioether (sulfide) groups is 2. The quantitative estimate of drug-likeness (QED) is 0.358. The minimum Gasteiger partial charge on any atom is -0.464 e. The van der Waals surface area contributed by atoms with E-state index in [1.165, 1.54) is 30.6 Å². The second-order valence-corrected chi connectivity index (χ2v) is 10.5. The molecule has 3 heterocycles. The van der Waals surface area contributed by atoms with E-state index < -0.39 is 10.3 Å². The maximum Gasteiger partial charge on any atom is 0.365 e. The molecule has 0 bridgehead atoms. The number of para-hydroxylation sites is 2. The van der Waals surface area contributed by atoms with Crippen molar-refractivity contribution in [2.45, 2.75) is 4.33 Å². The molecule has 0 aromatic heterocycles. The fraction of sp³-hybridized carbons (Fsp3) is 0.115. The monoisotopic (exact) mass is 517 g/mol. The minimum atomic E-state index is -1.12. The average Bonchev–Trinajstić information content (AvgIpc) is 3.60. The van der Waals surface area contributed by atoms with Crippen LogP contribution in [0.3, 0.4) is 0 Å². The van der Waals surface area contributed by atoms with Crippen LogP contribution < -0.4 is 19.4 Å². The van der Waals surface area contributed by atoms with Gasteiger partial charge in [0.25, 0.3) is 5.91 Å². The molecule has 1 atom stereocenters. The molecule has 180 valence electrons. The third-order valence-corrected chi connectivity index (χ3v) is 8.39. The predicted molar refractivity (Wildman–Crippen MR) is 141 cm³/mol. The van der Waals surface area contributed by atoms with Gasteiger partial charge in [-0.2, -0.15) is 5.10 Å². The zero-order chi connectivity index (χ0) is 24.7. The Morgan fingerprint density at radius 2 is 1.67 bits per heavy atom. The van der Waals surface area contributed by atoms with Crippen molar-refractivity contribution < 1.29 is 23.8 Å². The predicted octanol–water partition coefficient (Wildman–Crippen LogP) is 4.89. The Balaban J connectivity index is 1.49. The minimum absolute atomic E-state index is 0.159. The molecule has 6 rings (SSSR count). The van der Waals surface area contributed by atoms with E-state index in [4.69, 9.17) is 14.2 Å². The Labute approximate surface area is 215 Å². The van der Waals surface area contributed by atoms with Gasteiger partial charge in [0, 0.05) is 5.69 Å². The summed E-state index contributed by atoms with van der Waals surface area (Å²) in [7, 11) is 1.32. The number of benzene rings is 3. The largest absolute Gasteiger partial charge is 0.464 e. The third-order valence-electron chi connectivity index (χ3n) is 5.70. The molecule has 0 N–H and O–H groups in total. The molecule has 36 heavy (non-hydrogen) atoms. The topological polar surface area (TPSA) is 80.7 Å². The van der Waals surface area contributed by atoms with Crippen molar-refractivity contribution in [2.75, 3.05) is 23.8 Å². The molecule has 1 spiro atoms. The maximum atomic E-state index is 14.0. The van der Waals surface area contributed by atoms with Gasteiger partial charge in [-0.3, -0.25) is 9.69 Å². The summed E-state index contributed by atoms with van der Waals surface area (Å²) >= 11 is 2.51. The molecule has 1 fully saturated rings.